The van der Waals surface area contributed by atoms with Crippen LogP contribution in [0, 0.1) is 0 Å². The highest BCUT2D eigenvalue weighted by Crippen LogP contribution is 2.29. The van der Waals surface area contributed by atoms with Gasteiger partial charge in [-0.15, -0.1) is 11.8 Å². The van der Waals surface area contributed by atoms with Gasteiger partial charge < -0.3 is 15.0 Å². The van der Waals surface area contributed by atoms with Crippen LogP contribution in [0.1, 0.15) is 94.0 Å². The number of amides is 1. The maximum atomic E-state index is 12.9. The summed E-state index contributed by atoms with van der Waals surface area (Å²) in [5.41, 5.74) is 2.44. The number of anilines is 1. The van der Waals surface area contributed by atoms with Crippen molar-refractivity contribution in [2.75, 3.05) is 17.8 Å². The number of benzene rings is 2. The molecule has 2 aromatic carbocycles. The lowest BCUT2D eigenvalue weighted by atomic mass is 10.1. The Labute approximate surface area is 226 Å². The quantitative estimate of drug-likeness (QED) is 0.220. The molecule has 0 saturated carbocycles. The molecule has 0 aromatic heterocycles. The Hall–Kier alpha value is -2.11. The van der Waals surface area contributed by atoms with Gasteiger partial charge in [-0.2, -0.15) is 0 Å². The van der Waals surface area contributed by atoms with Crippen molar-refractivity contribution in [1.29, 1.82) is 0 Å². The summed E-state index contributed by atoms with van der Waals surface area (Å²) in [7, 11) is 0. The Bertz CT molecular complexity index is 995. The van der Waals surface area contributed by atoms with Gasteiger partial charge in [0.25, 0.3) is 5.91 Å². The second-order valence-electron chi connectivity index (χ2n) is 9.59. The molecular formula is C30H41ClN2O2S. The molecule has 3 rings (SSSR count). The van der Waals surface area contributed by atoms with E-state index in [9.17, 15) is 4.79 Å². The minimum atomic E-state index is -0.137. The SMILES string of the molecule is CCCCCCCCCCCCOc1cc(NC(=O)c2cccc(CN3C=C(C)SC3)c2)ccc1Cl. The number of thioether (sulfide) groups is 1. The Morgan fingerprint density at radius 3 is 2.42 bits per heavy atom. The fourth-order valence-corrected chi connectivity index (χ4v) is 5.25. The van der Waals surface area contributed by atoms with Crippen LogP contribution >= 0.6 is 23.4 Å². The normalized spacial score (nSPS) is 13.1. The molecule has 36 heavy (non-hydrogen) atoms. The predicted molar refractivity (Wildman–Crippen MR) is 155 cm³/mol. The Morgan fingerprint density at radius 1 is 1.00 bits per heavy atom. The molecule has 0 bridgehead atoms. The van der Waals surface area contributed by atoms with E-state index in [0.29, 0.717) is 28.6 Å². The maximum absolute atomic E-state index is 12.9. The number of carbonyl (C=O) groups is 1. The lowest BCUT2D eigenvalue weighted by Gasteiger charge is -2.15. The summed E-state index contributed by atoms with van der Waals surface area (Å²) in [4.78, 5) is 16.5. The number of hydrogen-bond donors (Lipinski definition) is 1. The minimum absolute atomic E-state index is 0.137. The number of nitrogens with one attached hydrogen (secondary N) is 1. The van der Waals surface area contributed by atoms with Crippen molar-refractivity contribution in [3.8, 4) is 5.75 Å². The van der Waals surface area contributed by atoms with Crippen LogP contribution < -0.4 is 10.1 Å². The first-order valence-corrected chi connectivity index (χ1v) is 14.8. The highest BCUT2D eigenvalue weighted by atomic mass is 35.5. The lowest BCUT2D eigenvalue weighted by Crippen LogP contribution is -2.15. The highest BCUT2D eigenvalue weighted by Gasteiger charge is 2.13. The van der Waals surface area contributed by atoms with Gasteiger partial charge in [0.05, 0.1) is 17.5 Å². The molecule has 1 aliphatic rings. The van der Waals surface area contributed by atoms with Crippen molar-refractivity contribution in [2.45, 2.75) is 84.6 Å². The molecule has 1 amide bonds. The molecule has 0 atom stereocenters. The Kier molecular flexibility index (Phi) is 12.6. The molecular weight excluding hydrogens is 488 g/mol. The minimum Gasteiger partial charge on any atom is -0.492 e. The first-order chi connectivity index (χ1) is 17.5. The average molecular weight is 529 g/mol. The van der Waals surface area contributed by atoms with E-state index in [1.54, 1.807) is 6.07 Å². The van der Waals surface area contributed by atoms with Crippen LogP contribution in [0.25, 0.3) is 0 Å². The van der Waals surface area contributed by atoms with Crippen molar-refractivity contribution in [3.05, 3.63) is 69.7 Å². The predicted octanol–water partition coefficient (Wildman–Crippen LogP) is 9.26. The first-order valence-electron chi connectivity index (χ1n) is 13.4. The molecule has 4 nitrogen and oxygen atoms in total. The molecule has 0 fully saturated rings. The molecule has 1 N–H and O–H groups in total. The zero-order valence-electron chi connectivity index (χ0n) is 21.9. The van der Waals surface area contributed by atoms with Gasteiger partial charge in [0, 0.05) is 30.1 Å². The lowest BCUT2D eigenvalue weighted by molar-refractivity contribution is 0.102. The summed E-state index contributed by atoms with van der Waals surface area (Å²) in [6.07, 6.45) is 15.1. The number of ether oxygens (including phenoxy) is 1. The van der Waals surface area contributed by atoms with E-state index in [0.717, 1.165) is 24.4 Å². The van der Waals surface area contributed by atoms with Crippen LogP contribution in [-0.2, 0) is 6.54 Å². The Morgan fingerprint density at radius 2 is 1.72 bits per heavy atom. The van der Waals surface area contributed by atoms with E-state index >= 15 is 0 Å². The van der Waals surface area contributed by atoms with Crippen molar-refractivity contribution in [3.63, 3.8) is 0 Å². The molecule has 0 radical (unpaired) electrons. The molecule has 0 aliphatic carbocycles. The summed E-state index contributed by atoms with van der Waals surface area (Å²) in [5, 5.41) is 3.55. The topological polar surface area (TPSA) is 41.6 Å². The summed E-state index contributed by atoms with van der Waals surface area (Å²) in [6, 6.07) is 13.2. The van der Waals surface area contributed by atoms with E-state index in [-0.39, 0.29) is 5.91 Å². The number of hydrogen-bond acceptors (Lipinski definition) is 4. The molecule has 2 aromatic rings. The van der Waals surface area contributed by atoms with Crippen molar-refractivity contribution in [2.24, 2.45) is 0 Å². The van der Waals surface area contributed by atoms with Crippen molar-refractivity contribution < 1.29 is 9.53 Å². The van der Waals surface area contributed by atoms with Crippen molar-refractivity contribution >= 4 is 35.0 Å². The number of nitrogens with zero attached hydrogens (tertiary/aromatic N) is 1. The van der Waals surface area contributed by atoms with Gasteiger partial charge >= 0.3 is 0 Å². The summed E-state index contributed by atoms with van der Waals surface area (Å²) in [6.45, 7) is 5.81. The number of halogens is 1. The third-order valence-corrected chi connectivity index (χ3v) is 7.68. The van der Waals surface area contributed by atoms with E-state index in [1.165, 1.54) is 62.7 Å². The molecule has 196 valence electrons. The van der Waals surface area contributed by atoms with Crippen LogP contribution in [0.3, 0.4) is 0 Å². The van der Waals surface area contributed by atoms with Gasteiger partial charge in [-0.3, -0.25) is 4.79 Å². The largest absolute Gasteiger partial charge is 0.492 e. The zero-order chi connectivity index (χ0) is 25.6. The zero-order valence-corrected chi connectivity index (χ0v) is 23.4. The first kappa shape index (κ1) is 28.5. The van der Waals surface area contributed by atoms with Crippen LogP contribution in [0.4, 0.5) is 5.69 Å². The number of carbonyl (C=O) groups excluding carboxylic acids is 1. The summed E-state index contributed by atoms with van der Waals surface area (Å²) in [5.74, 6) is 1.43. The summed E-state index contributed by atoms with van der Waals surface area (Å²) >= 11 is 8.18. The molecule has 0 spiro atoms. The monoisotopic (exact) mass is 528 g/mol. The third-order valence-electron chi connectivity index (χ3n) is 6.34. The molecule has 0 unspecified atom stereocenters. The van der Waals surface area contributed by atoms with Crippen LogP contribution in [0.15, 0.2) is 53.6 Å². The van der Waals surface area contributed by atoms with Gasteiger partial charge in [-0.25, -0.2) is 0 Å². The molecule has 1 aliphatic heterocycles. The Balaban J connectivity index is 1.40. The van der Waals surface area contributed by atoms with Gasteiger partial charge in [0.15, 0.2) is 0 Å². The second kappa shape index (κ2) is 15.9. The summed E-state index contributed by atoms with van der Waals surface area (Å²) < 4.78 is 5.94. The number of rotatable bonds is 16. The van der Waals surface area contributed by atoms with E-state index in [1.807, 2.05) is 42.1 Å². The van der Waals surface area contributed by atoms with Gasteiger partial charge in [-0.05, 0) is 48.1 Å². The highest BCUT2D eigenvalue weighted by molar-refractivity contribution is 8.03. The number of unbranched alkanes of at least 4 members (excludes halogenated alkanes) is 9. The molecule has 1 heterocycles. The van der Waals surface area contributed by atoms with Gasteiger partial charge in [-0.1, -0.05) is 88.4 Å². The third kappa shape index (κ3) is 10.1. The van der Waals surface area contributed by atoms with Crippen LogP contribution in [0.2, 0.25) is 5.02 Å². The second-order valence-corrected chi connectivity index (χ2v) is 11.2. The van der Waals surface area contributed by atoms with Crippen LogP contribution in [0.5, 0.6) is 5.75 Å². The fourth-order valence-electron chi connectivity index (χ4n) is 4.32. The van der Waals surface area contributed by atoms with E-state index in [4.69, 9.17) is 16.3 Å². The van der Waals surface area contributed by atoms with Crippen molar-refractivity contribution in [1.82, 2.24) is 4.90 Å². The van der Waals surface area contributed by atoms with E-state index in [2.05, 4.69) is 36.3 Å². The van der Waals surface area contributed by atoms with E-state index < -0.39 is 0 Å². The van der Waals surface area contributed by atoms with Gasteiger partial charge in [0.1, 0.15) is 5.75 Å². The van der Waals surface area contributed by atoms with Crippen LogP contribution in [-0.4, -0.2) is 23.3 Å². The molecule has 0 saturated heterocycles. The maximum Gasteiger partial charge on any atom is 0.255 e. The average Bonchev–Trinajstić information content (AvgIpc) is 3.28. The fraction of sp³-hybridized carbons (Fsp3) is 0.500. The number of allylic oxidation sites excluding steroid dienone is 1. The standard InChI is InChI=1S/C30H41ClN2O2S/c1-3-4-5-6-7-8-9-10-11-12-18-35-29-20-27(16-17-28(29)31)32-30(34)26-15-13-14-25(19-26)22-33-21-24(2)36-23-33/h13-17,19-21H,3-12,18,22-23H2,1-2H3,(H,32,34). The molecule has 6 heteroatoms. The smallest absolute Gasteiger partial charge is 0.255 e. The van der Waals surface area contributed by atoms with Gasteiger partial charge in [0.2, 0.25) is 0 Å².